The Bertz CT molecular complexity index is 1130. The van der Waals surface area contributed by atoms with Crippen LogP contribution in [0.15, 0.2) is 91.0 Å². The second kappa shape index (κ2) is 9.51. The van der Waals surface area contributed by atoms with Gasteiger partial charge in [0.1, 0.15) is 24.6 Å². The van der Waals surface area contributed by atoms with Gasteiger partial charge in [-0.25, -0.2) is 0 Å². The lowest BCUT2D eigenvalue weighted by atomic mass is 9.91. The van der Waals surface area contributed by atoms with Crippen LogP contribution in [0.1, 0.15) is 29.0 Å². The average molecular weight is 455 g/mol. The summed E-state index contributed by atoms with van der Waals surface area (Å²) in [7, 11) is 0. The molecule has 2 fully saturated rings. The van der Waals surface area contributed by atoms with Gasteiger partial charge in [-0.05, 0) is 16.7 Å². The highest BCUT2D eigenvalue weighted by molar-refractivity contribution is 5.95. The minimum atomic E-state index is -0.588. The zero-order chi connectivity index (χ0) is 23.5. The summed E-state index contributed by atoms with van der Waals surface area (Å²) < 4.78 is 5.92. The minimum Gasteiger partial charge on any atom is -0.460 e. The number of hydrogen-bond donors (Lipinski definition) is 0. The van der Waals surface area contributed by atoms with Crippen molar-refractivity contribution in [3.8, 4) is 0 Å². The van der Waals surface area contributed by atoms with Gasteiger partial charge in [0.25, 0.3) is 0 Å². The molecule has 0 spiro atoms. The summed E-state index contributed by atoms with van der Waals surface area (Å²) in [5.41, 5.74) is 2.66. The number of hydrogen-bond acceptors (Lipinski definition) is 4. The smallest absolute Gasteiger partial charge is 0.318 e. The first-order chi connectivity index (χ1) is 16.6. The van der Waals surface area contributed by atoms with Crippen molar-refractivity contribution in [3.05, 3.63) is 108 Å². The molecule has 0 unspecified atom stereocenters. The van der Waals surface area contributed by atoms with E-state index in [1.807, 2.05) is 91.0 Å². The summed E-state index contributed by atoms with van der Waals surface area (Å²) in [4.78, 5) is 42.5. The SMILES string of the molecule is O=C(O[C@@H]1C[C@H]2C(=O)N(Cc3ccccc3)CC(=O)N2C1)C(c1ccccc1)c1ccccc1. The summed E-state index contributed by atoms with van der Waals surface area (Å²) in [5.74, 6) is -1.14. The standard InChI is InChI=1S/C28H26N2O4/c31-25-19-29(17-20-10-4-1-5-11-20)27(32)24-16-23(18-30(24)25)34-28(33)26(21-12-6-2-7-13-21)22-14-8-3-9-15-22/h1-15,23-24,26H,16-19H2/t23-,24+/m1/s1. The Labute approximate surface area is 198 Å². The van der Waals surface area contributed by atoms with E-state index in [2.05, 4.69) is 0 Å². The number of carbonyl (C=O) groups is 3. The number of carbonyl (C=O) groups excluding carboxylic acids is 3. The summed E-state index contributed by atoms with van der Waals surface area (Å²) in [6, 6.07) is 28.1. The van der Waals surface area contributed by atoms with Crippen LogP contribution in [0.4, 0.5) is 0 Å². The quantitative estimate of drug-likeness (QED) is 0.536. The Morgan fingerprint density at radius 3 is 2.00 bits per heavy atom. The van der Waals surface area contributed by atoms with E-state index in [4.69, 9.17) is 4.74 Å². The molecule has 6 nitrogen and oxygen atoms in total. The Morgan fingerprint density at radius 2 is 1.41 bits per heavy atom. The summed E-state index contributed by atoms with van der Waals surface area (Å²) in [6.07, 6.45) is -0.199. The fraction of sp³-hybridized carbons (Fsp3) is 0.250. The lowest BCUT2D eigenvalue weighted by Gasteiger charge is -2.36. The number of ether oxygens (including phenoxy) is 1. The van der Waals surface area contributed by atoms with E-state index >= 15 is 0 Å². The molecule has 0 N–H and O–H groups in total. The summed E-state index contributed by atoms with van der Waals surface area (Å²) >= 11 is 0. The second-order valence-electron chi connectivity index (χ2n) is 8.79. The highest BCUT2D eigenvalue weighted by atomic mass is 16.5. The maximum absolute atomic E-state index is 13.4. The molecule has 34 heavy (non-hydrogen) atoms. The topological polar surface area (TPSA) is 66.9 Å². The van der Waals surface area contributed by atoms with Gasteiger partial charge in [-0.1, -0.05) is 91.0 Å². The van der Waals surface area contributed by atoms with Crippen LogP contribution < -0.4 is 0 Å². The van der Waals surface area contributed by atoms with Gasteiger partial charge in [0.2, 0.25) is 11.8 Å². The molecule has 2 heterocycles. The highest BCUT2D eigenvalue weighted by Gasteiger charge is 2.47. The Balaban J connectivity index is 1.31. The molecule has 2 atom stereocenters. The van der Waals surface area contributed by atoms with E-state index in [1.54, 1.807) is 9.80 Å². The number of benzene rings is 3. The van der Waals surface area contributed by atoms with Crippen molar-refractivity contribution in [2.45, 2.75) is 31.0 Å². The van der Waals surface area contributed by atoms with Gasteiger partial charge in [-0.3, -0.25) is 14.4 Å². The number of rotatable bonds is 6. The summed E-state index contributed by atoms with van der Waals surface area (Å²) in [5, 5.41) is 0. The number of piperazine rings is 1. The largest absolute Gasteiger partial charge is 0.460 e. The maximum Gasteiger partial charge on any atom is 0.318 e. The van der Waals surface area contributed by atoms with E-state index in [0.717, 1.165) is 16.7 Å². The van der Waals surface area contributed by atoms with Gasteiger partial charge in [-0.2, -0.15) is 0 Å². The number of esters is 1. The van der Waals surface area contributed by atoms with E-state index < -0.39 is 18.1 Å². The van der Waals surface area contributed by atoms with Crippen molar-refractivity contribution in [2.75, 3.05) is 13.1 Å². The van der Waals surface area contributed by atoms with Crippen LogP contribution in [0.3, 0.4) is 0 Å². The molecule has 0 aliphatic carbocycles. The Morgan fingerprint density at radius 1 is 0.853 bits per heavy atom. The second-order valence-corrected chi connectivity index (χ2v) is 8.79. The highest BCUT2D eigenvalue weighted by Crippen LogP contribution is 2.31. The molecule has 2 amide bonds. The molecule has 2 aliphatic rings. The lowest BCUT2D eigenvalue weighted by Crippen LogP contribution is -2.56. The van der Waals surface area contributed by atoms with Crippen LogP contribution in [-0.4, -0.2) is 52.8 Å². The van der Waals surface area contributed by atoms with E-state index in [1.165, 1.54) is 0 Å². The van der Waals surface area contributed by atoms with Crippen LogP contribution in [0.5, 0.6) is 0 Å². The van der Waals surface area contributed by atoms with Crippen molar-refractivity contribution in [1.82, 2.24) is 9.80 Å². The van der Waals surface area contributed by atoms with E-state index in [0.29, 0.717) is 13.0 Å². The molecule has 2 aliphatic heterocycles. The van der Waals surface area contributed by atoms with Gasteiger partial charge in [-0.15, -0.1) is 0 Å². The van der Waals surface area contributed by atoms with Crippen LogP contribution in [0, 0.1) is 0 Å². The fourth-order valence-corrected chi connectivity index (χ4v) is 4.86. The van der Waals surface area contributed by atoms with Crippen LogP contribution in [0.2, 0.25) is 0 Å². The third-order valence-corrected chi connectivity index (χ3v) is 6.51. The molecule has 6 heteroatoms. The number of fused-ring (bicyclic) bond motifs is 1. The van der Waals surface area contributed by atoms with Gasteiger partial charge in [0.05, 0.1) is 6.54 Å². The maximum atomic E-state index is 13.4. The zero-order valence-corrected chi connectivity index (χ0v) is 18.7. The third kappa shape index (κ3) is 4.44. The summed E-state index contributed by atoms with van der Waals surface area (Å²) in [6.45, 7) is 0.683. The van der Waals surface area contributed by atoms with Gasteiger partial charge in [0.15, 0.2) is 0 Å². The molecule has 0 aromatic heterocycles. The van der Waals surface area contributed by atoms with Gasteiger partial charge >= 0.3 is 5.97 Å². The van der Waals surface area contributed by atoms with Gasteiger partial charge < -0.3 is 14.5 Å². The molecule has 3 aromatic carbocycles. The molecular weight excluding hydrogens is 428 g/mol. The third-order valence-electron chi connectivity index (χ3n) is 6.51. The minimum absolute atomic E-state index is 0.0432. The fourth-order valence-electron chi connectivity index (χ4n) is 4.86. The predicted octanol–water partition coefficient (Wildman–Crippen LogP) is 3.37. The normalized spacial score (nSPS) is 19.9. The van der Waals surface area contributed by atoms with Crippen molar-refractivity contribution in [3.63, 3.8) is 0 Å². The molecule has 5 rings (SSSR count). The van der Waals surface area contributed by atoms with Crippen molar-refractivity contribution in [2.24, 2.45) is 0 Å². The molecular formula is C28H26N2O4. The first kappa shape index (κ1) is 21.9. The first-order valence-electron chi connectivity index (χ1n) is 11.5. The van der Waals surface area contributed by atoms with E-state index in [9.17, 15) is 14.4 Å². The van der Waals surface area contributed by atoms with Crippen molar-refractivity contribution in [1.29, 1.82) is 0 Å². The van der Waals surface area contributed by atoms with Gasteiger partial charge in [0, 0.05) is 13.0 Å². The molecule has 0 radical (unpaired) electrons. The van der Waals surface area contributed by atoms with E-state index in [-0.39, 0.29) is 30.9 Å². The first-order valence-corrected chi connectivity index (χ1v) is 11.5. The predicted molar refractivity (Wildman–Crippen MR) is 127 cm³/mol. The number of amides is 2. The lowest BCUT2D eigenvalue weighted by molar-refractivity contribution is -0.154. The Hall–Kier alpha value is -3.93. The molecule has 2 saturated heterocycles. The number of nitrogens with zero attached hydrogens (tertiary/aromatic N) is 2. The average Bonchev–Trinajstić information content (AvgIpc) is 3.29. The van der Waals surface area contributed by atoms with Crippen LogP contribution in [0.25, 0.3) is 0 Å². The van der Waals surface area contributed by atoms with Crippen LogP contribution >= 0.6 is 0 Å². The zero-order valence-electron chi connectivity index (χ0n) is 18.7. The van der Waals surface area contributed by atoms with Crippen LogP contribution in [-0.2, 0) is 25.7 Å². The van der Waals surface area contributed by atoms with Crippen molar-refractivity contribution >= 4 is 17.8 Å². The monoisotopic (exact) mass is 454 g/mol. The molecule has 0 bridgehead atoms. The molecule has 172 valence electrons. The van der Waals surface area contributed by atoms with Crippen molar-refractivity contribution < 1.29 is 19.1 Å². The molecule has 0 saturated carbocycles. The molecule has 3 aromatic rings. The Kier molecular flexibility index (Phi) is 6.12.